The maximum Gasteiger partial charge on any atom is 0.341 e. The van der Waals surface area contributed by atoms with Crippen LogP contribution in [0.2, 0.25) is 0 Å². The largest absolute Gasteiger partial charge is 0.462 e. The summed E-state index contributed by atoms with van der Waals surface area (Å²) in [6.07, 6.45) is 7.32. The third-order valence-electron chi connectivity index (χ3n) is 4.08. The lowest BCUT2D eigenvalue weighted by atomic mass is 10.1. The second-order valence-electron chi connectivity index (χ2n) is 5.54. The zero-order valence-corrected chi connectivity index (χ0v) is 14.3. The highest BCUT2D eigenvalue weighted by Crippen LogP contribution is 2.26. The molecule has 0 aliphatic carbocycles. The molecule has 3 rings (SSSR count). The molecule has 128 valence electrons. The van der Waals surface area contributed by atoms with Crippen LogP contribution in [0, 0.1) is 0 Å². The van der Waals surface area contributed by atoms with Gasteiger partial charge in [-0.3, -0.25) is 5.32 Å². The summed E-state index contributed by atoms with van der Waals surface area (Å²) in [4.78, 5) is 30.2. The molecule has 1 saturated heterocycles. The van der Waals surface area contributed by atoms with Crippen LogP contribution in [0.3, 0.4) is 0 Å². The van der Waals surface area contributed by atoms with Crippen molar-refractivity contribution in [2.45, 2.75) is 25.8 Å². The van der Waals surface area contributed by atoms with E-state index in [0.29, 0.717) is 36.3 Å². The van der Waals surface area contributed by atoms with Crippen molar-refractivity contribution in [1.29, 1.82) is 0 Å². The second kappa shape index (κ2) is 7.48. The van der Waals surface area contributed by atoms with Gasteiger partial charge < -0.3 is 14.2 Å². The summed E-state index contributed by atoms with van der Waals surface area (Å²) in [6, 6.07) is 1.88. The molecule has 1 aliphatic rings. The van der Waals surface area contributed by atoms with E-state index in [1.54, 1.807) is 29.5 Å². The number of ether oxygens (including phenoxy) is 1. The maximum atomic E-state index is 12.4. The average Bonchev–Trinajstić information content (AvgIpc) is 3.27. The number of esters is 1. The van der Waals surface area contributed by atoms with Gasteiger partial charge in [0.25, 0.3) is 0 Å². The minimum Gasteiger partial charge on any atom is -0.462 e. The number of urea groups is 1. The zero-order valence-electron chi connectivity index (χ0n) is 13.5. The van der Waals surface area contributed by atoms with Gasteiger partial charge in [0.15, 0.2) is 0 Å². The number of piperidine rings is 1. The molecule has 1 fully saturated rings. The van der Waals surface area contributed by atoms with Crippen LogP contribution in [0.5, 0.6) is 0 Å². The molecule has 1 aliphatic heterocycles. The molecule has 0 radical (unpaired) electrons. The summed E-state index contributed by atoms with van der Waals surface area (Å²) >= 11 is 1.32. The molecule has 0 spiro atoms. The van der Waals surface area contributed by atoms with Crippen LogP contribution < -0.4 is 5.32 Å². The van der Waals surface area contributed by atoms with Gasteiger partial charge in [0, 0.05) is 31.5 Å². The molecule has 0 saturated carbocycles. The molecule has 8 heteroatoms. The lowest BCUT2D eigenvalue weighted by molar-refractivity contribution is 0.0528. The quantitative estimate of drug-likeness (QED) is 0.862. The molecule has 3 heterocycles. The lowest BCUT2D eigenvalue weighted by Crippen LogP contribution is -2.41. The number of imidazole rings is 1. The first-order valence-electron chi connectivity index (χ1n) is 7.97. The lowest BCUT2D eigenvalue weighted by Gasteiger charge is -2.32. The molecule has 2 amide bonds. The maximum absolute atomic E-state index is 12.4. The Balaban J connectivity index is 1.57. The first-order chi connectivity index (χ1) is 11.7. The Hall–Kier alpha value is -2.35. The topological polar surface area (TPSA) is 76.5 Å². The summed E-state index contributed by atoms with van der Waals surface area (Å²) in [7, 11) is 0. The van der Waals surface area contributed by atoms with Gasteiger partial charge in [-0.2, -0.15) is 0 Å². The highest BCUT2D eigenvalue weighted by molar-refractivity contribution is 7.14. The fraction of sp³-hybridized carbons (Fsp3) is 0.438. The Labute approximate surface area is 144 Å². The number of nitrogens with zero attached hydrogens (tertiary/aromatic N) is 3. The zero-order chi connectivity index (χ0) is 16.9. The SMILES string of the molecule is CCOC(=O)c1ccsc1NC(=O)N1CCC(n2ccnc2)CC1. The summed E-state index contributed by atoms with van der Waals surface area (Å²) in [5, 5.41) is 5.14. The molecule has 0 atom stereocenters. The number of rotatable bonds is 4. The van der Waals surface area contributed by atoms with Crippen molar-refractivity contribution in [1.82, 2.24) is 14.5 Å². The van der Waals surface area contributed by atoms with E-state index < -0.39 is 5.97 Å². The van der Waals surface area contributed by atoms with Gasteiger partial charge in [-0.05, 0) is 31.2 Å². The van der Waals surface area contributed by atoms with Gasteiger partial charge >= 0.3 is 12.0 Å². The van der Waals surface area contributed by atoms with E-state index in [9.17, 15) is 9.59 Å². The number of carbonyl (C=O) groups is 2. The van der Waals surface area contributed by atoms with E-state index in [2.05, 4.69) is 14.9 Å². The molecular formula is C16H20N4O3S. The monoisotopic (exact) mass is 348 g/mol. The Morgan fingerprint density at radius 2 is 2.21 bits per heavy atom. The molecule has 2 aromatic rings. The number of carbonyl (C=O) groups excluding carboxylic acids is 2. The van der Waals surface area contributed by atoms with Crippen LogP contribution >= 0.6 is 11.3 Å². The van der Waals surface area contributed by atoms with Crippen molar-refractivity contribution in [3.63, 3.8) is 0 Å². The number of likely N-dealkylation sites (tertiary alicyclic amines) is 1. The molecule has 0 bridgehead atoms. The summed E-state index contributed by atoms with van der Waals surface area (Å²) in [6.45, 7) is 3.42. The molecule has 0 aromatic carbocycles. The van der Waals surface area contributed by atoms with Crippen LogP contribution in [0.1, 0.15) is 36.2 Å². The van der Waals surface area contributed by atoms with Gasteiger partial charge in [0.2, 0.25) is 0 Å². The van der Waals surface area contributed by atoms with Crippen molar-refractivity contribution in [2.75, 3.05) is 25.0 Å². The minimum absolute atomic E-state index is 0.174. The van der Waals surface area contributed by atoms with Crippen LogP contribution in [-0.2, 0) is 4.74 Å². The van der Waals surface area contributed by atoms with Crippen LogP contribution in [0.4, 0.5) is 9.80 Å². The molecule has 2 aromatic heterocycles. The first kappa shape index (κ1) is 16.5. The van der Waals surface area contributed by atoms with E-state index in [-0.39, 0.29) is 6.03 Å². The smallest absolute Gasteiger partial charge is 0.341 e. The Bertz CT molecular complexity index is 690. The van der Waals surface area contributed by atoms with Gasteiger partial charge in [-0.25, -0.2) is 14.6 Å². The third-order valence-corrected chi connectivity index (χ3v) is 4.91. The third kappa shape index (κ3) is 3.59. The van der Waals surface area contributed by atoms with Gasteiger partial charge in [-0.1, -0.05) is 0 Å². The van der Waals surface area contributed by atoms with Crippen molar-refractivity contribution >= 4 is 28.3 Å². The van der Waals surface area contributed by atoms with Crippen molar-refractivity contribution in [2.24, 2.45) is 0 Å². The van der Waals surface area contributed by atoms with Gasteiger partial charge in [-0.15, -0.1) is 11.3 Å². The number of amides is 2. The van der Waals surface area contributed by atoms with E-state index >= 15 is 0 Å². The number of anilines is 1. The van der Waals surface area contributed by atoms with Crippen molar-refractivity contribution in [3.8, 4) is 0 Å². The fourth-order valence-corrected chi connectivity index (χ4v) is 3.57. The molecule has 7 nitrogen and oxygen atoms in total. The predicted octanol–water partition coefficient (Wildman–Crippen LogP) is 2.99. The Kier molecular flexibility index (Phi) is 5.14. The second-order valence-corrected chi connectivity index (χ2v) is 6.46. The molecule has 1 N–H and O–H groups in total. The van der Waals surface area contributed by atoms with E-state index in [4.69, 9.17) is 4.74 Å². The van der Waals surface area contributed by atoms with Crippen LogP contribution in [0.15, 0.2) is 30.2 Å². The number of aromatic nitrogens is 2. The van der Waals surface area contributed by atoms with Crippen molar-refractivity contribution < 1.29 is 14.3 Å². The Morgan fingerprint density at radius 3 is 2.88 bits per heavy atom. The first-order valence-corrected chi connectivity index (χ1v) is 8.85. The number of thiophene rings is 1. The molecular weight excluding hydrogens is 328 g/mol. The van der Waals surface area contributed by atoms with Crippen molar-refractivity contribution in [3.05, 3.63) is 35.7 Å². The Morgan fingerprint density at radius 1 is 1.42 bits per heavy atom. The number of nitrogens with one attached hydrogen (secondary N) is 1. The number of hydrogen-bond donors (Lipinski definition) is 1. The van der Waals surface area contributed by atoms with Crippen LogP contribution in [0.25, 0.3) is 0 Å². The highest BCUT2D eigenvalue weighted by Gasteiger charge is 2.25. The highest BCUT2D eigenvalue weighted by atomic mass is 32.1. The van der Waals surface area contributed by atoms with E-state index in [0.717, 1.165) is 12.8 Å². The fourth-order valence-electron chi connectivity index (χ4n) is 2.80. The summed E-state index contributed by atoms with van der Waals surface area (Å²) < 4.78 is 7.09. The average molecular weight is 348 g/mol. The van der Waals surface area contributed by atoms with Gasteiger partial charge in [0.05, 0.1) is 18.5 Å². The number of hydrogen-bond acceptors (Lipinski definition) is 5. The summed E-state index contributed by atoms with van der Waals surface area (Å²) in [5.74, 6) is -0.409. The minimum atomic E-state index is -0.409. The molecule has 0 unspecified atom stereocenters. The normalized spacial score (nSPS) is 15.3. The standard InChI is InChI=1S/C16H20N4O3S/c1-2-23-15(21)13-5-10-24-14(13)18-16(22)19-7-3-12(4-8-19)20-9-6-17-11-20/h5-6,9-12H,2-4,7-8H2,1H3,(H,18,22). The van der Waals surface area contributed by atoms with Crippen LogP contribution in [-0.4, -0.2) is 46.1 Å². The molecule has 24 heavy (non-hydrogen) atoms. The van der Waals surface area contributed by atoms with E-state index in [1.165, 1.54) is 11.3 Å². The predicted molar refractivity (Wildman–Crippen MR) is 91.4 cm³/mol. The van der Waals surface area contributed by atoms with Gasteiger partial charge in [0.1, 0.15) is 5.00 Å². The van der Waals surface area contributed by atoms with E-state index in [1.807, 2.05) is 12.5 Å². The summed E-state index contributed by atoms with van der Waals surface area (Å²) in [5.41, 5.74) is 0.406.